The van der Waals surface area contributed by atoms with Crippen LogP contribution in [0.3, 0.4) is 0 Å². The Morgan fingerprint density at radius 1 is 1.29 bits per heavy atom. The van der Waals surface area contributed by atoms with Gasteiger partial charge in [0, 0.05) is 13.1 Å². The zero-order chi connectivity index (χ0) is 12.7. The van der Waals surface area contributed by atoms with Crippen molar-refractivity contribution in [1.29, 1.82) is 0 Å². The molecule has 1 aromatic carbocycles. The van der Waals surface area contributed by atoms with Gasteiger partial charge in [0.25, 0.3) is 0 Å². The summed E-state index contributed by atoms with van der Waals surface area (Å²) in [5, 5.41) is 0. The van der Waals surface area contributed by atoms with Crippen molar-refractivity contribution >= 4 is 15.7 Å². The molecule has 0 saturated carbocycles. The Bertz CT molecular complexity index is 523. The van der Waals surface area contributed by atoms with Crippen molar-refractivity contribution in [3.05, 3.63) is 24.3 Å². The van der Waals surface area contributed by atoms with E-state index in [2.05, 4.69) is 13.8 Å². The predicted octanol–water partition coefficient (Wildman–Crippen LogP) is 1.69. The Hall–Kier alpha value is -1.07. The summed E-state index contributed by atoms with van der Waals surface area (Å²) in [7, 11) is -3.43. The van der Waals surface area contributed by atoms with E-state index in [1.165, 1.54) is 4.31 Å². The van der Waals surface area contributed by atoms with Gasteiger partial charge in [-0.2, -0.15) is 4.31 Å². The number of para-hydroxylation sites is 1. The molecular formula is C12H18N2O2S. The van der Waals surface area contributed by atoms with E-state index in [9.17, 15) is 8.42 Å². The van der Waals surface area contributed by atoms with Gasteiger partial charge in [-0.25, -0.2) is 8.42 Å². The van der Waals surface area contributed by atoms with Crippen LogP contribution in [-0.2, 0) is 10.0 Å². The molecule has 0 aromatic heterocycles. The van der Waals surface area contributed by atoms with Gasteiger partial charge in [-0.3, -0.25) is 0 Å². The van der Waals surface area contributed by atoms with Gasteiger partial charge in [-0.1, -0.05) is 26.0 Å². The Morgan fingerprint density at radius 3 is 2.47 bits per heavy atom. The molecule has 0 radical (unpaired) electrons. The Morgan fingerprint density at radius 2 is 1.94 bits per heavy atom. The standard InChI is InChI=1S/C12H18N2O2S/c1-12(2)7-8-14(9-12)17(15,16)11-6-4-3-5-10(11)13/h3-6H,7-9,13H2,1-2H3. The van der Waals surface area contributed by atoms with Crippen LogP contribution in [0.2, 0.25) is 0 Å². The Kier molecular flexibility index (Phi) is 2.91. The lowest BCUT2D eigenvalue weighted by atomic mass is 9.93. The minimum Gasteiger partial charge on any atom is -0.398 e. The number of nitrogens with zero attached hydrogens (tertiary/aromatic N) is 1. The van der Waals surface area contributed by atoms with E-state index in [4.69, 9.17) is 5.73 Å². The van der Waals surface area contributed by atoms with Gasteiger partial charge < -0.3 is 5.73 Å². The molecule has 1 saturated heterocycles. The van der Waals surface area contributed by atoms with Crippen molar-refractivity contribution in [3.63, 3.8) is 0 Å². The van der Waals surface area contributed by atoms with Gasteiger partial charge in [0.15, 0.2) is 0 Å². The van der Waals surface area contributed by atoms with Crippen molar-refractivity contribution < 1.29 is 8.42 Å². The third kappa shape index (κ3) is 2.30. The highest BCUT2D eigenvalue weighted by atomic mass is 32.2. The molecule has 1 heterocycles. The Balaban J connectivity index is 2.36. The molecule has 5 heteroatoms. The molecule has 2 rings (SSSR count). The van der Waals surface area contributed by atoms with Gasteiger partial charge in [0.1, 0.15) is 4.90 Å². The van der Waals surface area contributed by atoms with E-state index < -0.39 is 10.0 Å². The fourth-order valence-electron chi connectivity index (χ4n) is 2.12. The number of nitrogens with two attached hydrogens (primary N) is 1. The molecule has 1 fully saturated rings. The van der Waals surface area contributed by atoms with Crippen molar-refractivity contribution in [2.45, 2.75) is 25.2 Å². The summed E-state index contributed by atoms with van der Waals surface area (Å²) < 4.78 is 26.3. The number of benzene rings is 1. The maximum Gasteiger partial charge on any atom is 0.245 e. The van der Waals surface area contributed by atoms with Crippen LogP contribution in [0.5, 0.6) is 0 Å². The molecule has 0 spiro atoms. The maximum atomic E-state index is 12.4. The minimum absolute atomic E-state index is 0.0522. The second-order valence-electron chi connectivity index (χ2n) is 5.29. The van der Waals surface area contributed by atoms with Gasteiger partial charge in [-0.05, 0) is 24.0 Å². The van der Waals surface area contributed by atoms with Crippen LogP contribution >= 0.6 is 0 Å². The number of anilines is 1. The van der Waals surface area contributed by atoms with Crippen LogP contribution in [-0.4, -0.2) is 25.8 Å². The number of hydrogen-bond acceptors (Lipinski definition) is 3. The lowest BCUT2D eigenvalue weighted by Gasteiger charge is -2.20. The predicted molar refractivity (Wildman–Crippen MR) is 68.0 cm³/mol. The van der Waals surface area contributed by atoms with E-state index >= 15 is 0 Å². The van der Waals surface area contributed by atoms with Crippen molar-refractivity contribution in [3.8, 4) is 0 Å². The topological polar surface area (TPSA) is 63.4 Å². The average molecular weight is 254 g/mol. The summed E-state index contributed by atoms with van der Waals surface area (Å²) in [6.07, 6.45) is 0.888. The molecule has 17 heavy (non-hydrogen) atoms. The number of sulfonamides is 1. The Labute approximate surface area is 102 Å². The first kappa shape index (κ1) is 12.4. The van der Waals surface area contributed by atoms with E-state index in [0.29, 0.717) is 18.8 Å². The van der Waals surface area contributed by atoms with E-state index in [-0.39, 0.29) is 10.3 Å². The second-order valence-corrected chi connectivity index (χ2v) is 7.20. The van der Waals surface area contributed by atoms with Gasteiger partial charge >= 0.3 is 0 Å². The van der Waals surface area contributed by atoms with Crippen molar-refractivity contribution in [1.82, 2.24) is 4.31 Å². The van der Waals surface area contributed by atoms with Crippen molar-refractivity contribution in [2.75, 3.05) is 18.8 Å². The molecule has 94 valence electrons. The molecule has 0 aliphatic carbocycles. The first-order valence-electron chi connectivity index (χ1n) is 5.68. The van der Waals surface area contributed by atoms with Crippen molar-refractivity contribution in [2.24, 2.45) is 5.41 Å². The lowest BCUT2D eigenvalue weighted by molar-refractivity contribution is 0.375. The zero-order valence-electron chi connectivity index (χ0n) is 10.2. The molecular weight excluding hydrogens is 236 g/mol. The quantitative estimate of drug-likeness (QED) is 0.817. The van der Waals surface area contributed by atoms with Gasteiger partial charge in [0.2, 0.25) is 10.0 Å². The monoisotopic (exact) mass is 254 g/mol. The minimum atomic E-state index is -3.43. The van der Waals surface area contributed by atoms with Crippen LogP contribution in [0.4, 0.5) is 5.69 Å². The van der Waals surface area contributed by atoms with E-state index in [1.807, 2.05) is 0 Å². The summed E-state index contributed by atoms with van der Waals surface area (Å²) in [4.78, 5) is 0.220. The fourth-order valence-corrected chi connectivity index (χ4v) is 3.87. The van der Waals surface area contributed by atoms with Gasteiger partial charge in [-0.15, -0.1) is 0 Å². The molecule has 1 aliphatic heterocycles. The fraction of sp³-hybridized carbons (Fsp3) is 0.500. The molecule has 0 amide bonds. The summed E-state index contributed by atoms with van der Waals surface area (Å²) in [5.41, 5.74) is 6.11. The highest BCUT2D eigenvalue weighted by Gasteiger charge is 2.37. The molecule has 2 N–H and O–H groups in total. The molecule has 0 bridgehead atoms. The van der Waals surface area contributed by atoms with Gasteiger partial charge in [0.05, 0.1) is 5.69 Å². The first-order valence-corrected chi connectivity index (χ1v) is 7.12. The molecule has 0 unspecified atom stereocenters. The maximum absolute atomic E-state index is 12.4. The van der Waals surface area contributed by atoms with Crippen LogP contribution < -0.4 is 5.73 Å². The number of nitrogen functional groups attached to an aromatic ring is 1. The lowest BCUT2D eigenvalue weighted by Crippen LogP contribution is -2.30. The normalized spacial score (nSPS) is 20.6. The highest BCUT2D eigenvalue weighted by Crippen LogP contribution is 2.33. The third-order valence-corrected chi connectivity index (χ3v) is 5.10. The largest absolute Gasteiger partial charge is 0.398 e. The average Bonchev–Trinajstić information content (AvgIpc) is 2.60. The molecule has 0 atom stereocenters. The summed E-state index contributed by atoms with van der Waals surface area (Å²) in [6, 6.07) is 6.62. The number of hydrogen-bond donors (Lipinski definition) is 1. The van der Waals surface area contributed by atoms with E-state index in [0.717, 1.165) is 6.42 Å². The molecule has 1 aliphatic rings. The summed E-state index contributed by atoms with van der Waals surface area (Å²) in [6.45, 7) is 5.29. The van der Waals surface area contributed by atoms with E-state index in [1.54, 1.807) is 24.3 Å². The summed E-state index contributed by atoms with van der Waals surface area (Å²) >= 11 is 0. The second kappa shape index (κ2) is 3.99. The third-order valence-electron chi connectivity index (χ3n) is 3.18. The van der Waals surface area contributed by atoms with Crippen LogP contribution in [0.1, 0.15) is 20.3 Å². The first-order chi connectivity index (χ1) is 7.83. The smallest absolute Gasteiger partial charge is 0.245 e. The molecule has 1 aromatic rings. The van der Waals surface area contributed by atoms with Crippen LogP contribution in [0, 0.1) is 5.41 Å². The van der Waals surface area contributed by atoms with Crippen LogP contribution in [0.15, 0.2) is 29.2 Å². The number of rotatable bonds is 2. The SMILES string of the molecule is CC1(C)CCN(S(=O)(=O)c2ccccc2N)C1. The highest BCUT2D eigenvalue weighted by molar-refractivity contribution is 7.89. The molecule has 4 nitrogen and oxygen atoms in total. The van der Waals surface area contributed by atoms with Crippen LogP contribution in [0.25, 0.3) is 0 Å². The zero-order valence-corrected chi connectivity index (χ0v) is 11.0. The summed E-state index contributed by atoms with van der Waals surface area (Å²) in [5.74, 6) is 0.